The first-order valence-electron chi connectivity index (χ1n) is 7.21. The molecule has 3 rings (SSSR count). The van der Waals surface area contributed by atoms with Crippen LogP contribution in [-0.2, 0) is 4.79 Å². The fraction of sp³-hybridized carbons (Fsp3) is 0.357. The minimum Gasteiger partial charge on any atom is -0.505 e. The van der Waals surface area contributed by atoms with Crippen LogP contribution in [0.25, 0.3) is 11.2 Å². The Morgan fingerprint density at radius 2 is 2.04 bits per heavy atom. The Labute approximate surface area is 134 Å². The predicted molar refractivity (Wildman–Crippen MR) is 79.6 cm³/mol. The molecule has 0 radical (unpaired) electrons. The topological polar surface area (TPSA) is 144 Å². The molecular formula is C14H14N4O6. The predicted octanol–water partition coefficient (Wildman–Crippen LogP) is -0.850. The first kappa shape index (κ1) is 15.7. The van der Waals surface area contributed by atoms with Crippen LogP contribution in [0.15, 0.2) is 17.2 Å². The lowest BCUT2D eigenvalue weighted by Gasteiger charge is -2.13. The van der Waals surface area contributed by atoms with Crippen molar-refractivity contribution in [2.75, 3.05) is 13.2 Å². The van der Waals surface area contributed by atoms with E-state index < -0.39 is 35.3 Å². The molecule has 0 bridgehead atoms. The number of aliphatic carboxylic acids is 1. The van der Waals surface area contributed by atoms with E-state index >= 15 is 0 Å². The summed E-state index contributed by atoms with van der Waals surface area (Å²) >= 11 is 0. The zero-order valence-corrected chi connectivity index (χ0v) is 12.4. The van der Waals surface area contributed by atoms with E-state index in [0.717, 1.165) is 17.6 Å². The average Bonchev–Trinajstić information content (AvgIpc) is 3.37. The number of aromatic hydroxyl groups is 1. The van der Waals surface area contributed by atoms with Crippen molar-refractivity contribution < 1.29 is 24.6 Å². The molecule has 2 aromatic rings. The molecule has 2 heterocycles. The highest BCUT2D eigenvalue weighted by Crippen LogP contribution is 2.28. The van der Waals surface area contributed by atoms with Crippen LogP contribution in [-0.4, -0.2) is 49.9 Å². The second-order valence-corrected chi connectivity index (χ2v) is 5.37. The lowest BCUT2D eigenvalue weighted by atomic mass is 10.2. The summed E-state index contributed by atoms with van der Waals surface area (Å²) in [7, 11) is 0. The smallest absolute Gasteiger partial charge is 0.322 e. The molecule has 3 N–H and O–H groups in total. The van der Waals surface area contributed by atoms with Gasteiger partial charge in [-0.25, -0.2) is 9.97 Å². The molecule has 0 atom stereocenters. The first-order valence-corrected chi connectivity index (χ1v) is 7.21. The van der Waals surface area contributed by atoms with Gasteiger partial charge in [-0.1, -0.05) is 0 Å². The Morgan fingerprint density at radius 1 is 1.33 bits per heavy atom. The molecule has 1 amide bonds. The summed E-state index contributed by atoms with van der Waals surface area (Å²) < 4.78 is 0.816. The van der Waals surface area contributed by atoms with Crippen LogP contribution in [0.1, 0.15) is 23.2 Å². The van der Waals surface area contributed by atoms with Crippen LogP contribution in [0.2, 0.25) is 0 Å². The van der Waals surface area contributed by atoms with E-state index in [1.807, 2.05) is 5.32 Å². The van der Waals surface area contributed by atoms with E-state index in [1.165, 1.54) is 12.4 Å². The highest BCUT2D eigenvalue weighted by Gasteiger charge is 2.27. The summed E-state index contributed by atoms with van der Waals surface area (Å²) in [6.45, 7) is -0.425. The second kappa shape index (κ2) is 6.14. The second-order valence-electron chi connectivity index (χ2n) is 5.37. The lowest BCUT2D eigenvalue weighted by molar-refractivity contribution is -0.135. The largest absolute Gasteiger partial charge is 0.505 e. The van der Waals surface area contributed by atoms with Gasteiger partial charge in [0, 0.05) is 12.4 Å². The number of rotatable bonds is 6. The van der Waals surface area contributed by atoms with Gasteiger partial charge >= 0.3 is 11.5 Å². The maximum absolute atomic E-state index is 12.5. The molecule has 0 aliphatic heterocycles. The fourth-order valence-corrected chi connectivity index (χ4v) is 2.10. The van der Waals surface area contributed by atoms with Crippen LogP contribution in [0.3, 0.4) is 0 Å². The van der Waals surface area contributed by atoms with Gasteiger partial charge in [0.1, 0.15) is 13.2 Å². The number of amides is 1. The molecule has 1 saturated carbocycles. The Bertz CT molecular complexity index is 873. The number of carbonyl (C=O) groups is 2. The van der Waals surface area contributed by atoms with Crippen LogP contribution >= 0.6 is 0 Å². The Balaban J connectivity index is 2.08. The van der Waals surface area contributed by atoms with Gasteiger partial charge < -0.3 is 20.4 Å². The van der Waals surface area contributed by atoms with Crippen molar-refractivity contribution >= 4 is 23.0 Å². The van der Waals surface area contributed by atoms with E-state index in [4.69, 9.17) is 9.94 Å². The molecule has 0 aromatic carbocycles. The summed E-state index contributed by atoms with van der Waals surface area (Å²) in [6, 6.07) is 0. The molecule has 0 unspecified atom stereocenters. The normalized spacial score (nSPS) is 13.7. The lowest BCUT2D eigenvalue weighted by Crippen LogP contribution is -2.38. The molecule has 10 nitrogen and oxygen atoms in total. The fourth-order valence-electron chi connectivity index (χ4n) is 2.10. The molecule has 1 fully saturated rings. The number of hydrogen-bond acceptors (Lipinski definition) is 7. The summed E-state index contributed by atoms with van der Waals surface area (Å²) in [6.07, 6.45) is 4.59. The van der Waals surface area contributed by atoms with E-state index in [2.05, 4.69) is 9.97 Å². The number of fused-ring (bicyclic) bond motifs is 1. The third-order valence-electron chi connectivity index (χ3n) is 3.49. The van der Waals surface area contributed by atoms with Crippen molar-refractivity contribution in [3.05, 3.63) is 28.3 Å². The summed E-state index contributed by atoms with van der Waals surface area (Å²) in [5, 5.41) is 20.9. The molecule has 126 valence electrons. The van der Waals surface area contributed by atoms with Crippen molar-refractivity contribution in [2.24, 2.45) is 5.92 Å². The zero-order chi connectivity index (χ0) is 17.3. The van der Waals surface area contributed by atoms with Gasteiger partial charge in [0.15, 0.2) is 16.8 Å². The molecule has 1 aliphatic rings. The van der Waals surface area contributed by atoms with Gasteiger partial charge in [-0.3, -0.25) is 14.4 Å². The zero-order valence-electron chi connectivity index (χ0n) is 12.4. The number of pyridine rings is 1. The van der Waals surface area contributed by atoms with Gasteiger partial charge in [-0.15, -0.1) is 4.73 Å². The summed E-state index contributed by atoms with van der Waals surface area (Å²) in [5.74, 6) is -2.65. The standard InChI is InChI=1S/C14H14N4O6/c19-8(20)5-17-13(22)9-11(21)10-12(16-4-3-15-10)18(14(9)23)24-6-7-1-2-7/h3-4,7,21H,1-2,5-6H2,(H,17,22)(H,19,20). The maximum Gasteiger partial charge on any atom is 0.322 e. The molecule has 1 aliphatic carbocycles. The molecule has 10 heteroatoms. The summed E-state index contributed by atoms with van der Waals surface area (Å²) in [5.41, 5.74) is -1.67. The van der Waals surface area contributed by atoms with Crippen molar-refractivity contribution in [3.8, 4) is 5.75 Å². The molecule has 2 aromatic heterocycles. The number of carbonyl (C=O) groups excluding carboxylic acids is 1. The molecule has 0 spiro atoms. The van der Waals surface area contributed by atoms with E-state index in [1.54, 1.807) is 0 Å². The van der Waals surface area contributed by atoms with Crippen molar-refractivity contribution in [1.29, 1.82) is 0 Å². The molecule has 0 saturated heterocycles. The molecule has 24 heavy (non-hydrogen) atoms. The molecular weight excluding hydrogens is 320 g/mol. The van der Waals surface area contributed by atoms with Gasteiger partial charge in [0.25, 0.3) is 5.91 Å². The van der Waals surface area contributed by atoms with Crippen LogP contribution in [0.4, 0.5) is 0 Å². The van der Waals surface area contributed by atoms with Crippen molar-refractivity contribution in [1.82, 2.24) is 20.0 Å². The monoisotopic (exact) mass is 334 g/mol. The van der Waals surface area contributed by atoms with Crippen LogP contribution < -0.4 is 15.7 Å². The van der Waals surface area contributed by atoms with Gasteiger partial charge in [-0.05, 0) is 18.8 Å². The van der Waals surface area contributed by atoms with Crippen LogP contribution in [0, 0.1) is 5.92 Å². The number of carboxylic acids is 1. The highest BCUT2D eigenvalue weighted by molar-refractivity contribution is 6.01. The number of nitrogens with zero attached hydrogens (tertiary/aromatic N) is 3. The van der Waals surface area contributed by atoms with Crippen molar-refractivity contribution in [2.45, 2.75) is 12.8 Å². The van der Waals surface area contributed by atoms with E-state index in [9.17, 15) is 19.5 Å². The van der Waals surface area contributed by atoms with Gasteiger partial charge in [-0.2, -0.15) is 0 Å². The highest BCUT2D eigenvalue weighted by atomic mass is 16.7. The third kappa shape index (κ3) is 2.98. The average molecular weight is 334 g/mol. The van der Waals surface area contributed by atoms with Gasteiger partial charge in [0.05, 0.1) is 0 Å². The first-order chi connectivity index (χ1) is 11.5. The number of carboxylic acid groups (broad SMARTS) is 1. The minimum atomic E-state index is -1.28. The number of hydrogen-bond donors (Lipinski definition) is 3. The van der Waals surface area contributed by atoms with Crippen LogP contribution in [0.5, 0.6) is 5.75 Å². The third-order valence-corrected chi connectivity index (χ3v) is 3.49. The summed E-state index contributed by atoms with van der Waals surface area (Å²) in [4.78, 5) is 48.5. The Morgan fingerprint density at radius 3 is 2.71 bits per heavy atom. The van der Waals surface area contributed by atoms with Gasteiger partial charge in [0.2, 0.25) is 5.65 Å². The quantitative estimate of drug-likeness (QED) is 0.620. The van der Waals surface area contributed by atoms with E-state index in [-0.39, 0.29) is 17.8 Å². The maximum atomic E-state index is 12.5. The van der Waals surface area contributed by atoms with Crippen molar-refractivity contribution in [3.63, 3.8) is 0 Å². The van der Waals surface area contributed by atoms with E-state index in [0.29, 0.717) is 5.92 Å². The Kier molecular flexibility index (Phi) is 4.02. The number of aromatic nitrogens is 3. The number of nitrogens with one attached hydrogen (secondary N) is 1. The Hall–Kier alpha value is -3.17. The minimum absolute atomic E-state index is 0.0181. The SMILES string of the molecule is O=C(O)CNC(=O)c1c(O)c2nccnc2n(OCC2CC2)c1=O.